The minimum Gasteiger partial charge on any atom is -0.441 e. The van der Waals surface area contributed by atoms with E-state index in [9.17, 15) is 4.79 Å². The molecule has 0 fully saturated rings. The summed E-state index contributed by atoms with van der Waals surface area (Å²) in [4.78, 5) is 23.0. The molecule has 0 amide bonds. The number of aromatic nitrogens is 5. The summed E-state index contributed by atoms with van der Waals surface area (Å²) >= 11 is 1.62. The lowest BCUT2D eigenvalue weighted by Gasteiger charge is -2.17. The third kappa shape index (κ3) is 4.08. The van der Waals surface area contributed by atoms with E-state index in [1.165, 1.54) is 4.68 Å². The van der Waals surface area contributed by atoms with Crippen LogP contribution in [0.2, 0.25) is 0 Å². The fourth-order valence-electron chi connectivity index (χ4n) is 4.61. The summed E-state index contributed by atoms with van der Waals surface area (Å²) in [7, 11) is 0. The number of benzene rings is 2. The van der Waals surface area contributed by atoms with Gasteiger partial charge in [-0.15, -0.1) is 5.10 Å². The normalized spacial score (nSPS) is 13.6. The van der Waals surface area contributed by atoms with Gasteiger partial charge in [0, 0.05) is 23.6 Å². The Bertz CT molecular complexity index is 1500. The van der Waals surface area contributed by atoms with Crippen LogP contribution in [-0.2, 0) is 18.7 Å². The van der Waals surface area contributed by atoms with Gasteiger partial charge in [-0.1, -0.05) is 54.6 Å². The molecule has 0 saturated carbocycles. The molecule has 0 unspecified atom stereocenters. The van der Waals surface area contributed by atoms with Gasteiger partial charge in [-0.25, -0.2) is 9.97 Å². The van der Waals surface area contributed by atoms with E-state index in [1.807, 2.05) is 67.6 Å². The fraction of sp³-hybridized carbons (Fsp3) is 0.259. The van der Waals surface area contributed by atoms with Gasteiger partial charge >= 0.3 is 0 Å². The average Bonchev–Trinajstić information content (AvgIpc) is 3.32. The molecule has 0 saturated heterocycles. The Kier molecular flexibility index (Phi) is 5.74. The van der Waals surface area contributed by atoms with Gasteiger partial charge in [-0.3, -0.25) is 4.79 Å². The van der Waals surface area contributed by atoms with Gasteiger partial charge in [-0.05, 0) is 50.5 Å². The number of hydrogen-bond donors (Lipinski definition) is 0. The van der Waals surface area contributed by atoms with Crippen molar-refractivity contribution >= 4 is 11.8 Å². The molecule has 0 N–H and O–H groups in total. The summed E-state index contributed by atoms with van der Waals surface area (Å²) in [6.07, 6.45) is 4.11. The van der Waals surface area contributed by atoms with Crippen LogP contribution in [0, 0.1) is 6.92 Å². The topological polar surface area (TPSA) is 78.7 Å². The monoisotopic (exact) mass is 483 g/mol. The maximum atomic E-state index is 13.4. The molecule has 0 aliphatic carbocycles. The van der Waals surface area contributed by atoms with Crippen LogP contribution >= 0.6 is 11.8 Å². The molecule has 0 bridgehead atoms. The van der Waals surface area contributed by atoms with Gasteiger partial charge in [0.05, 0.1) is 11.4 Å². The molecule has 3 aliphatic rings. The number of aryl methyl sites for hydroxylation is 1. The predicted octanol–water partition coefficient (Wildman–Crippen LogP) is 5.52. The van der Waals surface area contributed by atoms with Gasteiger partial charge in [0.25, 0.3) is 5.56 Å². The van der Waals surface area contributed by atoms with Crippen LogP contribution in [0.4, 0.5) is 0 Å². The van der Waals surface area contributed by atoms with Gasteiger partial charge in [0.15, 0.2) is 11.0 Å². The van der Waals surface area contributed by atoms with Crippen LogP contribution in [-0.4, -0.2) is 24.3 Å². The van der Waals surface area contributed by atoms with Crippen molar-refractivity contribution < 1.29 is 4.42 Å². The molecule has 0 atom stereocenters. The van der Waals surface area contributed by atoms with Gasteiger partial charge in [0.2, 0.25) is 5.89 Å². The Morgan fingerprint density at radius 3 is 2.54 bits per heavy atom. The lowest BCUT2D eigenvalue weighted by molar-refractivity contribution is 0.540. The Morgan fingerprint density at radius 2 is 1.74 bits per heavy atom. The van der Waals surface area contributed by atoms with E-state index in [0.717, 1.165) is 65.8 Å². The molecule has 3 aliphatic heterocycles. The number of hydrogen-bond acceptors (Lipinski definition) is 6. The SMILES string of the molecule is Cc1oc(-c2ccccc2)nc1CSc1nc2nn(-c3ccccc3)c(=O)c-2c2n1CCCCC2. The van der Waals surface area contributed by atoms with Crippen molar-refractivity contribution in [1.29, 1.82) is 0 Å². The van der Waals surface area contributed by atoms with Crippen LogP contribution in [0.3, 0.4) is 0 Å². The fourth-order valence-corrected chi connectivity index (χ4v) is 5.65. The maximum absolute atomic E-state index is 13.4. The van der Waals surface area contributed by atoms with Crippen molar-refractivity contribution in [2.75, 3.05) is 0 Å². The lowest BCUT2D eigenvalue weighted by atomic mass is 10.1. The number of rotatable bonds is 5. The first-order valence-electron chi connectivity index (χ1n) is 11.9. The van der Waals surface area contributed by atoms with E-state index < -0.39 is 0 Å². The highest BCUT2D eigenvalue weighted by atomic mass is 32.2. The zero-order chi connectivity index (χ0) is 23.8. The van der Waals surface area contributed by atoms with Crippen LogP contribution in [0.1, 0.15) is 36.4 Å². The molecule has 6 rings (SSSR count). The van der Waals surface area contributed by atoms with Crippen molar-refractivity contribution in [2.45, 2.75) is 50.1 Å². The summed E-state index contributed by atoms with van der Waals surface area (Å²) < 4.78 is 9.66. The first-order chi connectivity index (χ1) is 17.2. The van der Waals surface area contributed by atoms with Crippen molar-refractivity contribution in [2.24, 2.45) is 0 Å². The molecule has 7 nitrogen and oxygen atoms in total. The van der Waals surface area contributed by atoms with Crippen LogP contribution in [0.25, 0.3) is 28.5 Å². The zero-order valence-corrected chi connectivity index (χ0v) is 20.3. The summed E-state index contributed by atoms with van der Waals surface area (Å²) in [6.45, 7) is 2.80. The van der Waals surface area contributed by atoms with E-state index in [0.29, 0.717) is 23.0 Å². The molecule has 1 aromatic heterocycles. The first-order valence-corrected chi connectivity index (χ1v) is 12.9. The smallest absolute Gasteiger partial charge is 0.284 e. The summed E-state index contributed by atoms with van der Waals surface area (Å²) in [6, 6.07) is 19.5. The maximum Gasteiger partial charge on any atom is 0.284 e. The quantitative estimate of drug-likeness (QED) is 0.242. The number of thioether (sulfide) groups is 1. The van der Waals surface area contributed by atoms with Gasteiger partial charge < -0.3 is 8.98 Å². The third-order valence-electron chi connectivity index (χ3n) is 6.42. The number of fused-ring (bicyclic) bond motifs is 3. The summed E-state index contributed by atoms with van der Waals surface area (Å²) in [5.41, 5.74) is 4.21. The molecule has 2 aromatic carbocycles. The average molecular weight is 484 g/mol. The Labute approximate surface area is 207 Å². The number of para-hydroxylation sites is 1. The van der Waals surface area contributed by atoms with Gasteiger partial charge in [-0.2, -0.15) is 4.68 Å². The highest BCUT2D eigenvalue weighted by molar-refractivity contribution is 7.98. The van der Waals surface area contributed by atoms with E-state index in [4.69, 9.17) is 14.4 Å². The Balaban J connectivity index is 1.39. The highest BCUT2D eigenvalue weighted by Gasteiger charge is 2.27. The van der Waals surface area contributed by atoms with E-state index in [-0.39, 0.29) is 5.56 Å². The molecular formula is C27H25N5O2S. The second kappa shape index (κ2) is 9.19. The first kappa shape index (κ1) is 21.9. The molecule has 0 spiro atoms. The van der Waals surface area contributed by atoms with Crippen molar-refractivity contribution in [3.8, 4) is 28.5 Å². The second-order valence-electron chi connectivity index (χ2n) is 8.73. The summed E-state index contributed by atoms with van der Waals surface area (Å²) in [5, 5.41) is 5.50. The van der Waals surface area contributed by atoms with Crippen LogP contribution in [0.15, 0.2) is 75.0 Å². The van der Waals surface area contributed by atoms with Gasteiger partial charge in [0.1, 0.15) is 11.3 Å². The van der Waals surface area contributed by atoms with E-state index in [1.54, 1.807) is 11.8 Å². The van der Waals surface area contributed by atoms with Crippen molar-refractivity contribution in [1.82, 2.24) is 24.3 Å². The minimum absolute atomic E-state index is 0.0965. The molecule has 35 heavy (non-hydrogen) atoms. The largest absolute Gasteiger partial charge is 0.441 e. The number of oxazole rings is 1. The standard InChI is InChI=1S/C27H25N5O2S/c1-18-21(28-25(34-18)19-11-5-2-6-12-19)17-35-27-29-24-23(22-15-9-4-10-16-31(22)27)26(33)32(30-24)20-13-7-3-8-14-20/h2-3,5-8,11-14H,4,9-10,15-17H2,1H3. The van der Waals surface area contributed by atoms with E-state index >= 15 is 0 Å². The minimum atomic E-state index is -0.0965. The molecule has 8 heteroatoms. The molecule has 0 radical (unpaired) electrons. The zero-order valence-electron chi connectivity index (χ0n) is 19.5. The molecule has 3 aromatic rings. The third-order valence-corrected chi connectivity index (χ3v) is 7.41. The molecular weight excluding hydrogens is 458 g/mol. The van der Waals surface area contributed by atoms with Crippen molar-refractivity contribution in [3.63, 3.8) is 0 Å². The lowest BCUT2D eigenvalue weighted by Crippen LogP contribution is -2.19. The molecule has 4 heterocycles. The number of nitrogens with zero attached hydrogens (tertiary/aromatic N) is 5. The van der Waals surface area contributed by atoms with Crippen LogP contribution in [0.5, 0.6) is 0 Å². The second-order valence-corrected chi connectivity index (χ2v) is 9.67. The van der Waals surface area contributed by atoms with E-state index in [2.05, 4.69) is 9.67 Å². The summed E-state index contributed by atoms with van der Waals surface area (Å²) in [5.74, 6) is 2.58. The van der Waals surface area contributed by atoms with Crippen molar-refractivity contribution in [3.05, 3.63) is 88.2 Å². The highest BCUT2D eigenvalue weighted by Crippen LogP contribution is 2.33. The Hall–Kier alpha value is -3.65. The molecule has 176 valence electrons. The predicted molar refractivity (Wildman–Crippen MR) is 136 cm³/mol. The Morgan fingerprint density at radius 1 is 0.971 bits per heavy atom. The van der Waals surface area contributed by atoms with Crippen LogP contribution < -0.4 is 5.56 Å².